The van der Waals surface area contributed by atoms with E-state index < -0.39 is 0 Å². The molecule has 3 nitrogen and oxygen atoms in total. The van der Waals surface area contributed by atoms with Crippen LogP contribution in [0.3, 0.4) is 0 Å². The highest BCUT2D eigenvalue weighted by Crippen LogP contribution is 2.16. The fourth-order valence-corrected chi connectivity index (χ4v) is 2.16. The molecule has 0 radical (unpaired) electrons. The molecular weight excluding hydrogens is 274 g/mol. The van der Waals surface area contributed by atoms with Crippen molar-refractivity contribution >= 4 is 0 Å². The lowest BCUT2D eigenvalue weighted by molar-refractivity contribution is 0.0238. The Kier molecular flexibility index (Phi) is 18.4. The second-order valence-electron chi connectivity index (χ2n) is 5.50. The third-order valence-electron chi connectivity index (χ3n) is 3.52. The largest absolute Gasteiger partial charge is 0.379 e. The molecule has 0 unspecified atom stereocenters. The van der Waals surface area contributed by atoms with E-state index in [1.807, 2.05) is 27.7 Å². The lowest BCUT2D eigenvalue weighted by Gasteiger charge is -2.29. The number of ether oxygens (including phenoxy) is 2. The summed E-state index contributed by atoms with van der Waals surface area (Å²) in [6, 6.07) is 0.689. The van der Waals surface area contributed by atoms with Crippen LogP contribution in [0.5, 0.6) is 0 Å². The minimum Gasteiger partial charge on any atom is -0.379 e. The standard InChI is InChI=1S/C8H14O.C7H15NO.2C2H6/c2*1-7(2)8-3-5-9-6-4-8;2*1-2/h3,7H,4-6H2,1-2H3;7H,3-6H2,1-2H3;2*1-2H3. The van der Waals surface area contributed by atoms with Gasteiger partial charge in [0.15, 0.2) is 0 Å². The maximum absolute atomic E-state index is 5.21. The van der Waals surface area contributed by atoms with E-state index in [-0.39, 0.29) is 0 Å². The summed E-state index contributed by atoms with van der Waals surface area (Å²) in [6.07, 6.45) is 3.34. The molecule has 0 atom stereocenters. The summed E-state index contributed by atoms with van der Waals surface area (Å²) in [4.78, 5) is 2.43. The van der Waals surface area contributed by atoms with E-state index in [0.29, 0.717) is 12.0 Å². The second-order valence-corrected chi connectivity index (χ2v) is 5.50. The van der Waals surface area contributed by atoms with E-state index in [0.717, 1.165) is 45.9 Å². The van der Waals surface area contributed by atoms with Crippen LogP contribution in [-0.2, 0) is 9.47 Å². The molecule has 22 heavy (non-hydrogen) atoms. The van der Waals surface area contributed by atoms with Crippen LogP contribution >= 0.6 is 0 Å². The van der Waals surface area contributed by atoms with Crippen LogP contribution in [-0.4, -0.2) is 50.5 Å². The first kappa shape index (κ1) is 23.9. The molecule has 0 N–H and O–H groups in total. The van der Waals surface area contributed by atoms with Crippen molar-refractivity contribution in [2.24, 2.45) is 5.92 Å². The Morgan fingerprint density at radius 2 is 1.41 bits per heavy atom. The number of rotatable bonds is 2. The Hall–Kier alpha value is -0.380. The number of morpholine rings is 1. The van der Waals surface area contributed by atoms with Gasteiger partial charge in [0.05, 0.1) is 26.4 Å². The molecule has 2 aliphatic rings. The second kappa shape index (κ2) is 17.0. The van der Waals surface area contributed by atoms with Crippen LogP contribution in [0.2, 0.25) is 0 Å². The molecule has 0 bridgehead atoms. The third-order valence-corrected chi connectivity index (χ3v) is 3.52. The highest BCUT2D eigenvalue weighted by Gasteiger charge is 2.12. The van der Waals surface area contributed by atoms with Gasteiger partial charge in [-0.2, -0.15) is 0 Å². The van der Waals surface area contributed by atoms with Crippen LogP contribution < -0.4 is 0 Å². The average molecular weight is 316 g/mol. The van der Waals surface area contributed by atoms with Crippen LogP contribution in [0, 0.1) is 5.92 Å². The van der Waals surface area contributed by atoms with Crippen molar-refractivity contribution in [2.75, 3.05) is 39.5 Å². The van der Waals surface area contributed by atoms with E-state index in [1.54, 1.807) is 5.57 Å². The van der Waals surface area contributed by atoms with Crippen molar-refractivity contribution in [1.82, 2.24) is 4.90 Å². The van der Waals surface area contributed by atoms with E-state index in [1.165, 1.54) is 0 Å². The third kappa shape index (κ3) is 12.2. The van der Waals surface area contributed by atoms with Gasteiger partial charge in [0.2, 0.25) is 0 Å². The van der Waals surface area contributed by atoms with Crippen molar-refractivity contribution in [3.05, 3.63) is 11.6 Å². The zero-order chi connectivity index (χ0) is 17.4. The van der Waals surface area contributed by atoms with Gasteiger partial charge in [-0.05, 0) is 26.2 Å². The topological polar surface area (TPSA) is 21.7 Å². The Morgan fingerprint density at radius 1 is 0.864 bits per heavy atom. The maximum atomic E-state index is 5.21. The maximum Gasteiger partial charge on any atom is 0.0650 e. The van der Waals surface area contributed by atoms with E-state index in [4.69, 9.17) is 9.47 Å². The van der Waals surface area contributed by atoms with Crippen molar-refractivity contribution in [3.63, 3.8) is 0 Å². The van der Waals surface area contributed by atoms with E-state index >= 15 is 0 Å². The molecule has 0 aromatic carbocycles. The van der Waals surface area contributed by atoms with Crippen LogP contribution in [0.15, 0.2) is 11.6 Å². The Labute approximate surface area is 140 Å². The molecule has 0 aliphatic carbocycles. The first-order valence-corrected chi connectivity index (χ1v) is 9.19. The van der Waals surface area contributed by atoms with Gasteiger partial charge >= 0.3 is 0 Å². The van der Waals surface area contributed by atoms with E-state index in [9.17, 15) is 0 Å². The molecule has 2 aliphatic heterocycles. The SMILES string of the molecule is CC.CC.CC(C)C1=CCOCC1.CC(C)N1CCOCC1. The smallest absolute Gasteiger partial charge is 0.0650 e. The molecular formula is C19H41NO2. The van der Waals surface area contributed by atoms with Gasteiger partial charge in [0.1, 0.15) is 0 Å². The predicted octanol–water partition coefficient (Wildman–Crippen LogP) is 4.77. The fraction of sp³-hybridized carbons (Fsp3) is 0.895. The zero-order valence-corrected chi connectivity index (χ0v) is 16.4. The first-order valence-electron chi connectivity index (χ1n) is 9.19. The summed E-state index contributed by atoms with van der Waals surface area (Å²) < 4.78 is 10.4. The van der Waals surface area contributed by atoms with Crippen molar-refractivity contribution in [2.45, 2.75) is 67.9 Å². The molecule has 2 rings (SSSR count). The summed E-state index contributed by atoms with van der Waals surface area (Å²) in [5.74, 6) is 0.717. The molecule has 1 fully saturated rings. The van der Waals surface area contributed by atoms with Crippen LogP contribution in [0.25, 0.3) is 0 Å². The van der Waals surface area contributed by atoms with Gasteiger partial charge in [-0.1, -0.05) is 53.2 Å². The lowest BCUT2D eigenvalue weighted by Crippen LogP contribution is -2.40. The predicted molar refractivity (Wildman–Crippen MR) is 98.6 cm³/mol. The van der Waals surface area contributed by atoms with Gasteiger partial charge < -0.3 is 9.47 Å². The molecule has 0 aromatic rings. The molecule has 0 saturated carbocycles. The molecule has 0 aromatic heterocycles. The minimum absolute atomic E-state index is 0.689. The number of hydrogen-bond acceptors (Lipinski definition) is 3. The average Bonchev–Trinajstić information content (AvgIpc) is 2.60. The molecule has 3 heteroatoms. The van der Waals surface area contributed by atoms with Crippen molar-refractivity contribution in [1.29, 1.82) is 0 Å². The molecule has 2 heterocycles. The lowest BCUT2D eigenvalue weighted by atomic mass is 9.99. The monoisotopic (exact) mass is 315 g/mol. The zero-order valence-electron chi connectivity index (χ0n) is 16.4. The summed E-state index contributed by atoms with van der Waals surface area (Å²) in [5.41, 5.74) is 1.56. The summed E-state index contributed by atoms with van der Waals surface area (Å²) in [5, 5.41) is 0. The highest BCUT2D eigenvalue weighted by molar-refractivity contribution is 5.06. The van der Waals surface area contributed by atoms with Crippen molar-refractivity contribution < 1.29 is 9.47 Å². The molecule has 1 saturated heterocycles. The minimum atomic E-state index is 0.689. The number of hydrogen-bond donors (Lipinski definition) is 0. The molecule has 134 valence electrons. The number of nitrogens with zero attached hydrogens (tertiary/aromatic N) is 1. The van der Waals surface area contributed by atoms with Gasteiger partial charge in [-0.15, -0.1) is 0 Å². The summed E-state index contributed by atoms with van der Waals surface area (Å²) >= 11 is 0. The summed E-state index contributed by atoms with van der Waals surface area (Å²) in [7, 11) is 0. The van der Waals surface area contributed by atoms with E-state index in [2.05, 4.69) is 38.7 Å². The Morgan fingerprint density at radius 3 is 1.68 bits per heavy atom. The fourth-order valence-electron chi connectivity index (χ4n) is 2.16. The quantitative estimate of drug-likeness (QED) is 0.685. The first-order chi connectivity index (χ1) is 10.6. The van der Waals surface area contributed by atoms with Gasteiger partial charge in [0.25, 0.3) is 0 Å². The van der Waals surface area contributed by atoms with Crippen molar-refractivity contribution in [3.8, 4) is 0 Å². The van der Waals surface area contributed by atoms with Gasteiger partial charge in [0, 0.05) is 19.1 Å². The molecule has 0 spiro atoms. The summed E-state index contributed by atoms with van der Waals surface area (Å²) in [6.45, 7) is 22.7. The molecule has 0 amide bonds. The van der Waals surface area contributed by atoms with Gasteiger partial charge in [-0.25, -0.2) is 0 Å². The van der Waals surface area contributed by atoms with Crippen LogP contribution in [0.4, 0.5) is 0 Å². The normalized spacial score (nSPS) is 18.2. The highest BCUT2D eigenvalue weighted by atomic mass is 16.5. The Bertz CT molecular complexity index is 244. The Balaban J connectivity index is 0. The van der Waals surface area contributed by atoms with Crippen LogP contribution in [0.1, 0.15) is 61.8 Å². The van der Waals surface area contributed by atoms with Gasteiger partial charge in [-0.3, -0.25) is 4.90 Å².